The normalized spacial score (nSPS) is 12.2. The predicted molar refractivity (Wildman–Crippen MR) is 218 cm³/mol. The van der Waals surface area contributed by atoms with Crippen LogP contribution in [0.3, 0.4) is 0 Å². The average molecular weight is 705 g/mol. The molecule has 4 nitrogen and oxygen atoms in total. The molecule has 0 aliphatic rings. The Bertz CT molecular complexity index is 717. The van der Waals surface area contributed by atoms with E-state index >= 15 is 0 Å². The second kappa shape index (κ2) is 42.1. The first-order valence-electron chi connectivity index (χ1n) is 22.7. The van der Waals surface area contributed by atoms with E-state index in [-0.39, 0.29) is 18.5 Å². The molecule has 0 bridgehead atoms. The van der Waals surface area contributed by atoms with E-state index in [2.05, 4.69) is 26.0 Å². The van der Waals surface area contributed by atoms with Crippen LogP contribution in [0, 0.1) is 0 Å². The molecule has 0 aromatic heterocycles. The molecular weight excluding hydrogens is 617 g/mol. The van der Waals surface area contributed by atoms with Crippen LogP contribution in [0.15, 0.2) is 12.2 Å². The Hall–Kier alpha value is -1.32. The Labute approximate surface area is 313 Å². The van der Waals surface area contributed by atoms with Crippen molar-refractivity contribution in [3.63, 3.8) is 0 Å². The van der Waals surface area contributed by atoms with Crippen molar-refractivity contribution in [2.75, 3.05) is 0 Å². The zero-order chi connectivity index (χ0) is 36.4. The highest BCUT2D eigenvalue weighted by atomic mass is 16.5. The van der Waals surface area contributed by atoms with Crippen molar-refractivity contribution >= 4 is 11.9 Å². The average Bonchev–Trinajstić information content (AvgIpc) is 3.10. The highest BCUT2D eigenvalue weighted by Gasteiger charge is 2.14. The Morgan fingerprint density at radius 2 is 0.720 bits per heavy atom. The molecule has 296 valence electrons. The van der Waals surface area contributed by atoms with Crippen molar-refractivity contribution in [1.82, 2.24) is 0 Å². The van der Waals surface area contributed by atoms with E-state index in [0.717, 1.165) is 38.5 Å². The van der Waals surface area contributed by atoms with Crippen molar-refractivity contribution in [2.24, 2.45) is 0 Å². The second-order valence-electron chi connectivity index (χ2n) is 15.6. The summed E-state index contributed by atoms with van der Waals surface area (Å²) in [5, 5.41) is 8.98. The summed E-state index contributed by atoms with van der Waals surface area (Å²) in [5.41, 5.74) is 0. The van der Waals surface area contributed by atoms with Gasteiger partial charge in [0.25, 0.3) is 0 Å². The van der Waals surface area contributed by atoms with Gasteiger partial charge in [-0.05, 0) is 64.2 Å². The number of allylic oxidation sites excluding steroid dienone is 2. The highest BCUT2D eigenvalue weighted by Crippen LogP contribution is 2.19. The number of hydrogen-bond acceptors (Lipinski definition) is 3. The molecule has 0 rings (SSSR count). The molecule has 0 fully saturated rings. The third-order valence-corrected chi connectivity index (χ3v) is 10.5. The lowest BCUT2D eigenvalue weighted by atomic mass is 10.0. The quantitative estimate of drug-likeness (QED) is 0.0390. The Morgan fingerprint density at radius 3 is 1.10 bits per heavy atom. The minimum atomic E-state index is -0.738. The lowest BCUT2D eigenvalue weighted by molar-refractivity contribution is -0.150. The van der Waals surface area contributed by atoms with Crippen LogP contribution in [0.2, 0.25) is 0 Å². The van der Waals surface area contributed by atoms with Crippen LogP contribution < -0.4 is 0 Å². The number of hydrogen-bond donors (Lipinski definition) is 1. The van der Waals surface area contributed by atoms with E-state index < -0.39 is 5.97 Å². The molecule has 0 aromatic rings. The van der Waals surface area contributed by atoms with Gasteiger partial charge in [-0.25, -0.2) is 0 Å². The van der Waals surface area contributed by atoms with E-state index in [4.69, 9.17) is 9.84 Å². The molecule has 0 heterocycles. The maximum Gasteiger partial charge on any atom is 0.306 e. The number of rotatable bonds is 42. The molecule has 0 saturated heterocycles. The number of carboxylic acid groups (broad SMARTS) is 1. The number of carboxylic acids is 1. The van der Waals surface area contributed by atoms with Crippen molar-refractivity contribution in [2.45, 2.75) is 270 Å². The molecule has 1 atom stereocenters. The van der Waals surface area contributed by atoms with Crippen LogP contribution >= 0.6 is 0 Å². The minimum Gasteiger partial charge on any atom is -0.481 e. The molecule has 0 aliphatic carbocycles. The van der Waals surface area contributed by atoms with E-state index in [1.54, 1.807) is 0 Å². The summed E-state index contributed by atoms with van der Waals surface area (Å²) in [5.74, 6) is -0.788. The number of aliphatic carboxylic acids is 1. The topological polar surface area (TPSA) is 63.6 Å². The molecule has 1 unspecified atom stereocenters. The SMILES string of the molecule is CCCCCCCC/C=C\CCCCCCCCCCCC(=O)OC(CCCCCCCCCCCCCCCCCC)CCCCC(=O)O. The predicted octanol–water partition coefficient (Wildman–Crippen LogP) is 15.8. The van der Waals surface area contributed by atoms with Crippen LogP contribution in [-0.4, -0.2) is 23.1 Å². The summed E-state index contributed by atoms with van der Waals surface area (Å²) >= 11 is 0. The van der Waals surface area contributed by atoms with E-state index in [0.29, 0.717) is 12.8 Å². The van der Waals surface area contributed by atoms with Crippen LogP contribution in [0.5, 0.6) is 0 Å². The molecule has 0 spiro atoms. The third-order valence-electron chi connectivity index (χ3n) is 10.5. The second-order valence-corrected chi connectivity index (χ2v) is 15.6. The summed E-state index contributed by atoms with van der Waals surface area (Å²) in [6.45, 7) is 4.56. The zero-order valence-corrected chi connectivity index (χ0v) is 34.0. The van der Waals surface area contributed by atoms with Crippen molar-refractivity contribution in [1.29, 1.82) is 0 Å². The lowest BCUT2D eigenvalue weighted by Crippen LogP contribution is -2.18. The van der Waals surface area contributed by atoms with Crippen molar-refractivity contribution in [3.8, 4) is 0 Å². The first kappa shape index (κ1) is 48.7. The molecule has 0 aliphatic heterocycles. The first-order chi connectivity index (χ1) is 24.6. The number of ether oxygens (including phenoxy) is 1. The van der Waals surface area contributed by atoms with Crippen LogP contribution in [0.1, 0.15) is 264 Å². The summed E-state index contributed by atoms with van der Waals surface area (Å²) in [6.07, 6.45) is 52.4. The molecule has 4 heteroatoms. The Morgan fingerprint density at radius 1 is 0.420 bits per heavy atom. The van der Waals surface area contributed by atoms with Gasteiger partial charge < -0.3 is 9.84 Å². The molecule has 0 amide bonds. The summed E-state index contributed by atoms with van der Waals surface area (Å²) < 4.78 is 5.93. The largest absolute Gasteiger partial charge is 0.481 e. The first-order valence-corrected chi connectivity index (χ1v) is 22.7. The van der Waals surface area contributed by atoms with E-state index in [1.807, 2.05) is 0 Å². The maximum atomic E-state index is 12.6. The van der Waals surface area contributed by atoms with Gasteiger partial charge in [0.2, 0.25) is 0 Å². The molecule has 1 N–H and O–H groups in total. The zero-order valence-electron chi connectivity index (χ0n) is 34.0. The fraction of sp³-hybridized carbons (Fsp3) is 0.913. The van der Waals surface area contributed by atoms with Gasteiger partial charge in [-0.1, -0.05) is 199 Å². The number of unbranched alkanes of at least 4 members (excludes halogenated alkanes) is 31. The molecule has 0 radical (unpaired) electrons. The Balaban J connectivity index is 3.79. The van der Waals surface area contributed by atoms with Gasteiger partial charge in [-0.2, -0.15) is 0 Å². The van der Waals surface area contributed by atoms with Gasteiger partial charge in [0.05, 0.1) is 0 Å². The molecule has 0 aromatic carbocycles. The standard InChI is InChI=1S/C46H88O4/c1-3-5-7-9-11-13-15-17-19-21-22-23-25-27-29-31-33-35-37-43-46(49)50-44(41-38-39-42-45(47)48)40-36-34-32-30-28-26-24-20-18-16-14-12-10-8-6-4-2/h17,19,44H,3-16,18,20-43H2,1-2H3,(H,47,48)/b19-17-. The van der Waals surface area contributed by atoms with Gasteiger partial charge >= 0.3 is 11.9 Å². The Kier molecular flexibility index (Phi) is 41.0. The van der Waals surface area contributed by atoms with Crippen LogP contribution in [0.25, 0.3) is 0 Å². The monoisotopic (exact) mass is 705 g/mol. The van der Waals surface area contributed by atoms with Crippen molar-refractivity contribution in [3.05, 3.63) is 12.2 Å². The number of esters is 1. The number of carbonyl (C=O) groups excluding carboxylic acids is 1. The van der Waals surface area contributed by atoms with Crippen LogP contribution in [-0.2, 0) is 14.3 Å². The molecule has 50 heavy (non-hydrogen) atoms. The maximum absolute atomic E-state index is 12.6. The molecule has 0 saturated carbocycles. The smallest absolute Gasteiger partial charge is 0.306 e. The van der Waals surface area contributed by atoms with Crippen molar-refractivity contribution < 1.29 is 19.4 Å². The third kappa shape index (κ3) is 41.1. The van der Waals surface area contributed by atoms with Gasteiger partial charge in [0.15, 0.2) is 0 Å². The fourth-order valence-electron chi connectivity index (χ4n) is 7.12. The summed E-state index contributed by atoms with van der Waals surface area (Å²) in [4.78, 5) is 23.5. The van der Waals surface area contributed by atoms with Gasteiger partial charge in [-0.15, -0.1) is 0 Å². The van der Waals surface area contributed by atoms with Gasteiger partial charge in [-0.3, -0.25) is 9.59 Å². The molecular formula is C46H88O4. The minimum absolute atomic E-state index is 0.0428. The van der Waals surface area contributed by atoms with Gasteiger partial charge in [0, 0.05) is 12.8 Å². The summed E-state index contributed by atoms with van der Waals surface area (Å²) in [7, 11) is 0. The van der Waals surface area contributed by atoms with Gasteiger partial charge in [0.1, 0.15) is 6.10 Å². The highest BCUT2D eigenvalue weighted by molar-refractivity contribution is 5.69. The lowest BCUT2D eigenvalue weighted by Gasteiger charge is -2.18. The fourth-order valence-corrected chi connectivity index (χ4v) is 7.12. The number of carbonyl (C=O) groups is 2. The van der Waals surface area contributed by atoms with E-state index in [1.165, 1.54) is 193 Å². The summed E-state index contributed by atoms with van der Waals surface area (Å²) in [6, 6.07) is 0. The van der Waals surface area contributed by atoms with Crippen LogP contribution in [0.4, 0.5) is 0 Å². The van der Waals surface area contributed by atoms with E-state index in [9.17, 15) is 9.59 Å².